The highest BCUT2D eigenvalue weighted by Crippen LogP contribution is 2.14. The lowest BCUT2D eigenvalue weighted by atomic mass is 10.3. The average molecular weight is 292 g/mol. The van der Waals surface area contributed by atoms with E-state index in [2.05, 4.69) is 15.9 Å². The van der Waals surface area contributed by atoms with Crippen LogP contribution in [0.2, 0.25) is 0 Å². The summed E-state index contributed by atoms with van der Waals surface area (Å²) in [5.74, 6) is 0.391. The van der Waals surface area contributed by atoms with Crippen LogP contribution in [0.4, 0.5) is 0 Å². The molecule has 0 aromatic heterocycles. The van der Waals surface area contributed by atoms with E-state index in [-0.39, 0.29) is 12.6 Å². The van der Waals surface area contributed by atoms with Crippen molar-refractivity contribution in [3.8, 4) is 0 Å². The van der Waals surface area contributed by atoms with Gasteiger partial charge in [-0.3, -0.25) is 4.21 Å². The Labute approximate surface area is 100 Å². The van der Waals surface area contributed by atoms with Gasteiger partial charge >= 0.3 is 0 Å². The lowest BCUT2D eigenvalue weighted by Gasteiger charge is -2.09. The Morgan fingerprint density at radius 2 is 2.00 bits per heavy atom. The summed E-state index contributed by atoms with van der Waals surface area (Å²) in [6.07, 6.45) is 0.488. The number of benzene rings is 1. The van der Waals surface area contributed by atoms with E-state index in [0.29, 0.717) is 12.2 Å². The lowest BCUT2D eigenvalue weighted by molar-refractivity contribution is 0.279. The fourth-order valence-corrected chi connectivity index (χ4v) is 2.58. The molecule has 0 radical (unpaired) electrons. The van der Waals surface area contributed by atoms with Crippen molar-refractivity contribution in [1.82, 2.24) is 0 Å². The van der Waals surface area contributed by atoms with E-state index >= 15 is 0 Å². The van der Waals surface area contributed by atoms with Gasteiger partial charge in [0.05, 0.1) is 10.8 Å². The second-order valence-electron chi connectivity index (χ2n) is 3.24. The summed E-state index contributed by atoms with van der Waals surface area (Å²) in [7, 11) is -1.08. The second kappa shape index (κ2) is 6.37. The van der Waals surface area contributed by atoms with Gasteiger partial charge in [0.15, 0.2) is 0 Å². The summed E-state index contributed by atoms with van der Waals surface area (Å²) in [4.78, 5) is 0.770. The topological polar surface area (TPSA) is 63.3 Å². The standard InChI is InChI=1S/C10H14BrNO2S/c11-8-1-3-10(4-2-8)15(14)7-9(12)5-6-13/h1-4,9,13H,5-7,12H2. The molecule has 0 aliphatic carbocycles. The monoisotopic (exact) mass is 291 g/mol. The molecule has 15 heavy (non-hydrogen) atoms. The summed E-state index contributed by atoms with van der Waals surface area (Å²) in [6.45, 7) is 0.0404. The number of hydrogen-bond acceptors (Lipinski definition) is 3. The number of aliphatic hydroxyl groups excluding tert-OH is 1. The highest BCUT2D eigenvalue weighted by molar-refractivity contribution is 9.10. The van der Waals surface area contributed by atoms with Gasteiger partial charge in [-0.1, -0.05) is 15.9 Å². The van der Waals surface area contributed by atoms with Gasteiger partial charge in [0, 0.05) is 27.8 Å². The molecule has 2 atom stereocenters. The predicted molar refractivity (Wildman–Crippen MR) is 65.1 cm³/mol. The largest absolute Gasteiger partial charge is 0.396 e. The zero-order chi connectivity index (χ0) is 11.3. The number of nitrogens with two attached hydrogens (primary N) is 1. The summed E-state index contributed by atoms with van der Waals surface area (Å²) in [5.41, 5.74) is 5.69. The highest BCUT2D eigenvalue weighted by atomic mass is 79.9. The van der Waals surface area contributed by atoms with Crippen molar-refractivity contribution < 1.29 is 9.32 Å². The lowest BCUT2D eigenvalue weighted by Crippen LogP contribution is -2.28. The van der Waals surface area contributed by atoms with Gasteiger partial charge in [-0.2, -0.15) is 0 Å². The predicted octanol–water partition coefficient (Wildman–Crippen LogP) is 1.27. The van der Waals surface area contributed by atoms with Gasteiger partial charge in [0.25, 0.3) is 0 Å². The van der Waals surface area contributed by atoms with E-state index in [1.54, 1.807) is 0 Å². The van der Waals surface area contributed by atoms with Crippen molar-refractivity contribution in [1.29, 1.82) is 0 Å². The van der Waals surface area contributed by atoms with Crippen LogP contribution in [0.1, 0.15) is 6.42 Å². The number of hydrogen-bond donors (Lipinski definition) is 2. The van der Waals surface area contributed by atoms with Crippen LogP contribution >= 0.6 is 15.9 Å². The first-order valence-corrected chi connectivity index (χ1v) is 6.75. The summed E-state index contributed by atoms with van der Waals surface area (Å²) in [6, 6.07) is 7.12. The van der Waals surface area contributed by atoms with Crippen molar-refractivity contribution >= 4 is 26.7 Å². The number of aliphatic hydroxyl groups is 1. The molecule has 2 unspecified atom stereocenters. The average Bonchev–Trinajstić information content (AvgIpc) is 2.18. The molecule has 0 saturated carbocycles. The maximum Gasteiger partial charge on any atom is 0.0545 e. The third kappa shape index (κ3) is 4.42. The van der Waals surface area contributed by atoms with Gasteiger partial charge in [0.2, 0.25) is 0 Å². The van der Waals surface area contributed by atoms with Crippen molar-refractivity contribution in [2.24, 2.45) is 5.73 Å². The third-order valence-electron chi connectivity index (χ3n) is 1.94. The van der Waals surface area contributed by atoms with E-state index < -0.39 is 10.8 Å². The quantitative estimate of drug-likeness (QED) is 0.859. The molecule has 0 aliphatic heterocycles. The Morgan fingerprint density at radius 3 is 2.53 bits per heavy atom. The van der Waals surface area contributed by atoms with Crippen LogP contribution in [0.3, 0.4) is 0 Å². The van der Waals surface area contributed by atoms with Gasteiger partial charge in [-0.25, -0.2) is 0 Å². The van der Waals surface area contributed by atoms with Crippen molar-refractivity contribution in [3.05, 3.63) is 28.7 Å². The highest BCUT2D eigenvalue weighted by Gasteiger charge is 2.09. The first-order valence-electron chi connectivity index (χ1n) is 4.64. The Morgan fingerprint density at radius 1 is 1.40 bits per heavy atom. The zero-order valence-corrected chi connectivity index (χ0v) is 10.6. The van der Waals surface area contributed by atoms with E-state index in [1.807, 2.05) is 24.3 Å². The first kappa shape index (κ1) is 12.8. The zero-order valence-electron chi connectivity index (χ0n) is 8.23. The van der Waals surface area contributed by atoms with Gasteiger partial charge in [-0.15, -0.1) is 0 Å². The molecule has 1 aromatic carbocycles. The minimum Gasteiger partial charge on any atom is -0.396 e. The van der Waals surface area contributed by atoms with Crippen LogP contribution in [0.15, 0.2) is 33.6 Å². The fraction of sp³-hybridized carbons (Fsp3) is 0.400. The summed E-state index contributed by atoms with van der Waals surface area (Å²) >= 11 is 3.31. The molecule has 1 aromatic rings. The van der Waals surface area contributed by atoms with Crippen molar-refractivity contribution in [2.45, 2.75) is 17.4 Å². The van der Waals surface area contributed by atoms with Crippen LogP contribution in [0.5, 0.6) is 0 Å². The van der Waals surface area contributed by atoms with E-state index in [4.69, 9.17) is 10.8 Å². The minimum atomic E-state index is -1.08. The Kier molecular flexibility index (Phi) is 5.45. The van der Waals surface area contributed by atoms with Crippen molar-refractivity contribution in [2.75, 3.05) is 12.4 Å². The molecular weight excluding hydrogens is 278 g/mol. The minimum absolute atomic E-state index is 0.0404. The van der Waals surface area contributed by atoms with E-state index in [0.717, 1.165) is 9.37 Å². The van der Waals surface area contributed by atoms with Crippen LogP contribution < -0.4 is 5.73 Å². The molecule has 0 saturated heterocycles. The maximum atomic E-state index is 11.8. The normalized spacial score (nSPS) is 14.9. The van der Waals surface area contributed by atoms with Crippen LogP contribution in [0.25, 0.3) is 0 Å². The molecule has 0 heterocycles. The maximum absolute atomic E-state index is 11.8. The summed E-state index contributed by atoms with van der Waals surface area (Å²) < 4.78 is 12.7. The molecule has 1 rings (SSSR count). The molecule has 0 aliphatic rings. The first-order chi connectivity index (χ1) is 7.13. The molecule has 5 heteroatoms. The van der Waals surface area contributed by atoms with Gasteiger partial charge in [-0.05, 0) is 30.7 Å². The molecule has 0 spiro atoms. The molecule has 0 fully saturated rings. The van der Waals surface area contributed by atoms with E-state index in [9.17, 15) is 4.21 Å². The van der Waals surface area contributed by atoms with Crippen molar-refractivity contribution in [3.63, 3.8) is 0 Å². The molecule has 0 bridgehead atoms. The number of rotatable bonds is 5. The van der Waals surface area contributed by atoms with Gasteiger partial charge < -0.3 is 10.8 Å². The Bertz CT molecular complexity index is 329. The summed E-state index contributed by atoms with van der Waals surface area (Å²) in [5, 5.41) is 8.67. The molecule has 3 N–H and O–H groups in total. The Balaban J connectivity index is 2.57. The van der Waals surface area contributed by atoms with Gasteiger partial charge in [0.1, 0.15) is 0 Å². The smallest absolute Gasteiger partial charge is 0.0545 e. The van der Waals surface area contributed by atoms with Crippen LogP contribution in [0, 0.1) is 0 Å². The number of halogens is 1. The second-order valence-corrected chi connectivity index (χ2v) is 5.65. The molecular formula is C10H14BrNO2S. The molecule has 3 nitrogen and oxygen atoms in total. The van der Waals surface area contributed by atoms with Crippen LogP contribution in [-0.4, -0.2) is 27.7 Å². The molecule has 84 valence electrons. The SMILES string of the molecule is NC(CCO)CS(=O)c1ccc(Br)cc1. The Hall–Kier alpha value is -0.230. The van der Waals surface area contributed by atoms with Crippen LogP contribution in [-0.2, 0) is 10.8 Å². The molecule has 0 amide bonds. The third-order valence-corrected chi connectivity index (χ3v) is 4.00. The van der Waals surface area contributed by atoms with E-state index in [1.165, 1.54) is 0 Å². The fourth-order valence-electron chi connectivity index (χ4n) is 1.13.